The molecule has 0 N–H and O–H groups in total. The number of hydrogen-bond donors (Lipinski definition) is 0. The molecular formula is C21H32N2O3. The van der Waals surface area contributed by atoms with Crippen LogP contribution in [0, 0.1) is 0 Å². The maximum Gasteiger partial charge on any atom is 0.227 e. The topological polar surface area (TPSA) is 49.9 Å². The van der Waals surface area contributed by atoms with E-state index in [9.17, 15) is 9.59 Å². The number of ether oxygens (including phenoxy) is 1. The van der Waals surface area contributed by atoms with Crippen molar-refractivity contribution in [3.63, 3.8) is 0 Å². The molecule has 1 aromatic rings. The lowest BCUT2D eigenvalue weighted by Crippen LogP contribution is -2.37. The van der Waals surface area contributed by atoms with Crippen molar-refractivity contribution >= 4 is 11.8 Å². The van der Waals surface area contributed by atoms with Gasteiger partial charge >= 0.3 is 0 Å². The molecule has 5 nitrogen and oxygen atoms in total. The van der Waals surface area contributed by atoms with Crippen LogP contribution >= 0.6 is 0 Å². The second kappa shape index (κ2) is 9.60. The van der Waals surface area contributed by atoms with Gasteiger partial charge in [0.25, 0.3) is 0 Å². The summed E-state index contributed by atoms with van der Waals surface area (Å²) in [5, 5.41) is 0. The van der Waals surface area contributed by atoms with Crippen LogP contribution in [0.2, 0.25) is 0 Å². The van der Waals surface area contributed by atoms with E-state index in [0.717, 1.165) is 30.7 Å². The lowest BCUT2D eigenvalue weighted by Gasteiger charge is -2.23. The molecule has 0 aromatic heterocycles. The fourth-order valence-electron chi connectivity index (χ4n) is 3.36. The fraction of sp³-hybridized carbons (Fsp3) is 0.619. The van der Waals surface area contributed by atoms with Gasteiger partial charge in [-0.2, -0.15) is 0 Å². The van der Waals surface area contributed by atoms with Crippen LogP contribution in [0.25, 0.3) is 0 Å². The first-order valence-corrected chi connectivity index (χ1v) is 9.68. The maximum absolute atomic E-state index is 12.8. The van der Waals surface area contributed by atoms with Gasteiger partial charge in [-0.15, -0.1) is 0 Å². The Morgan fingerprint density at radius 2 is 1.73 bits per heavy atom. The van der Waals surface area contributed by atoms with Crippen LogP contribution in [0.3, 0.4) is 0 Å². The quantitative estimate of drug-likeness (QED) is 0.783. The van der Waals surface area contributed by atoms with Gasteiger partial charge in [-0.05, 0) is 30.4 Å². The van der Waals surface area contributed by atoms with E-state index >= 15 is 0 Å². The number of rotatable bonds is 6. The van der Waals surface area contributed by atoms with Crippen molar-refractivity contribution in [3.8, 4) is 5.75 Å². The van der Waals surface area contributed by atoms with Crippen LogP contribution in [-0.4, -0.2) is 54.9 Å². The van der Waals surface area contributed by atoms with E-state index in [0.29, 0.717) is 38.4 Å². The second-order valence-electron chi connectivity index (χ2n) is 7.27. The molecule has 26 heavy (non-hydrogen) atoms. The van der Waals surface area contributed by atoms with Crippen LogP contribution in [-0.2, 0) is 16.0 Å². The molecule has 1 fully saturated rings. The highest BCUT2D eigenvalue weighted by Crippen LogP contribution is 2.25. The highest BCUT2D eigenvalue weighted by molar-refractivity contribution is 5.80. The van der Waals surface area contributed by atoms with Crippen molar-refractivity contribution in [3.05, 3.63) is 29.3 Å². The summed E-state index contributed by atoms with van der Waals surface area (Å²) in [5.74, 6) is 1.48. The predicted molar refractivity (Wildman–Crippen MR) is 103 cm³/mol. The summed E-state index contributed by atoms with van der Waals surface area (Å²) in [5.41, 5.74) is 2.15. The molecule has 0 unspecified atom stereocenters. The SMILES string of the molecule is CCCC(=O)N1CCCN(C(=O)Cc2cc(C(C)C)ccc2OC)CC1. The summed E-state index contributed by atoms with van der Waals surface area (Å²) in [4.78, 5) is 28.7. The Balaban J connectivity index is 2.03. The van der Waals surface area contributed by atoms with E-state index in [1.165, 1.54) is 5.56 Å². The first-order valence-electron chi connectivity index (χ1n) is 9.68. The normalized spacial score (nSPS) is 15.1. The van der Waals surface area contributed by atoms with Gasteiger partial charge in [-0.1, -0.05) is 32.9 Å². The van der Waals surface area contributed by atoms with Crippen LogP contribution in [0.4, 0.5) is 0 Å². The Kier molecular flexibility index (Phi) is 7.49. The number of carbonyl (C=O) groups is 2. The molecule has 1 heterocycles. The van der Waals surface area contributed by atoms with Crippen LogP contribution in [0.1, 0.15) is 57.1 Å². The third-order valence-corrected chi connectivity index (χ3v) is 4.98. The standard InChI is InChI=1S/C21H32N2O3/c1-5-7-20(24)22-10-6-11-23(13-12-22)21(25)15-18-14-17(16(2)3)8-9-19(18)26-4/h8-9,14,16H,5-7,10-13,15H2,1-4H3. The van der Waals surface area contributed by atoms with Crippen molar-refractivity contribution in [1.82, 2.24) is 9.80 Å². The maximum atomic E-state index is 12.8. The summed E-state index contributed by atoms with van der Waals surface area (Å²) < 4.78 is 5.44. The number of benzene rings is 1. The molecule has 1 aliphatic rings. The fourth-order valence-corrected chi connectivity index (χ4v) is 3.36. The smallest absolute Gasteiger partial charge is 0.227 e. The number of nitrogens with zero attached hydrogens (tertiary/aromatic N) is 2. The summed E-state index contributed by atoms with van der Waals surface area (Å²) >= 11 is 0. The lowest BCUT2D eigenvalue weighted by molar-refractivity contribution is -0.133. The molecule has 0 bridgehead atoms. The van der Waals surface area contributed by atoms with E-state index in [4.69, 9.17) is 4.74 Å². The van der Waals surface area contributed by atoms with E-state index < -0.39 is 0 Å². The van der Waals surface area contributed by atoms with Gasteiger partial charge in [0.1, 0.15) is 5.75 Å². The average molecular weight is 360 g/mol. The van der Waals surface area contributed by atoms with Crippen molar-refractivity contribution in [2.45, 2.75) is 52.4 Å². The summed E-state index contributed by atoms with van der Waals surface area (Å²) in [6.45, 7) is 9.00. The highest BCUT2D eigenvalue weighted by Gasteiger charge is 2.22. The van der Waals surface area contributed by atoms with Crippen molar-refractivity contribution < 1.29 is 14.3 Å². The predicted octanol–water partition coefficient (Wildman–Crippen LogP) is 3.22. The molecular weight excluding hydrogens is 328 g/mol. The Bertz CT molecular complexity index is 628. The van der Waals surface area contributed by atoms with E-state index in [-0.39, 0.29) is 11.8 Å². The summed E-state index contributed by atoms with van der Waals surface area (Å²) in [6, 6.07) is 6.09. The summed E-state index contributed by atoms with van der Waals surface area (Å²) in [7, 11) is 1.64. The molecule has 0 saturated carbocycles. The molecule has 0 radical (unpaired) electrons. The summed E-state index contributed by atoms with van der Waals surface area (Å²) in [6.07, 6.45) is 2.63. The lowest BCUT2D eigenvalue weighted by atomic mass is 9.98. The minimum absolute atomic E-state index is 0.106. The molecule has 144 valence electrons. The Morgan fingerprint density at radius 1 is 1.08 bits per heavy atom. The van der Waals surface area contributed by atoms with Crippen molar-refractivity contribution in [2.24, 2.45) is 0 Å². The molecule has 1 aromatic carbocycles. The number of hydrogen-bond acceptors (Lipinski definition) is 3. The second-order valence-corrected chi connectivity index (χ2v) is 7.27. The molecule has 2 rings (SSSR count). The van der Waals surface area contributed by atoms with E-state index in [1.54, 1.807) is 7.11 Å². The Morgan fingerprint density at radius 3 is 2.31 bits per heavy atom. The zero-order valence-electron chi connectivity index (χ0n) is 16.6. The van der Waals surface area contributed by atoms with Crippen LogP contribution in [0.15, 0.2) is 18.2 Å². The zero-order valence-corrected chi connectivity index (χ0v) is 16.6. The van der Waals surface area contributed by atoms with Crippen LogP contribution in [0.5, 0.6) is 5.75 Å². The molecule has 0 atom stereocenters. The average Bonchev–Trinajstić information content (AvgIpc) is 2.88. The number of amides is 2. The van der Waals surface area contributed by atoms with Gasteiger partial charge in [-0.3, -0.25) is 9.59 Å². The van der Waals surface area contributed by atoms with E-state index in [2.05, 4.69) is 26.0 Å². The molecule has 2 amide bonds. The number of carbonyl (C=O) groups excluding carboxylic acids is 2. The van der Waals surface area contributed by atoms with Gasteiger partial charge in [0.2, 0.25) is 11.8 Å². The molecule has 0 spiro atoms. The third-order valence-electron chi connectivity index (χ3n) is 4.98. The molecule has 0 aliphatic carbocycles. The monoisotopic (exact) mass is 360 g/mol. The van der Waals surface area contributed by atoms with Gasteiger partial charge < -0.3 is 14.5 Å². The first-order chi connectivity index (χ1) is 12.5. The van der Waals surface area contributed by atoms with Gasteiger partial charge in [0.15, 0.2) is 0 Å². The largest absolute Gasteiger partial charge is 0.496 e. The van der Waals surface area contributed by atoms with Gasteiger partial charge in [0, 0.05) is 38.2 Å². The van der Waals surface area contributed by atoms with E-state index in [1.807, 2.05) is 22.8 Å². The van der Waals surface area contributed by atoms with Crippen molar-refractivity contribution in [1.29, 1.82) is 0 Å². The van der Waals surface area contributed by atoms with Crippen molar-refractivity contribution in [2.75, 3.05) is 33.3 Å². The highest BCUT2D eigenvalue weighted by atomic mass is 16.5. The molecule has 5 heteroatoms. The van der Waals surface area contributed by atoms with Crippen LogP contribution < -0.4 is 4.74 Å². The Labute approximate surface area is 157 Å². The minimum atomic E-state index is 0.106. The Hall–Kier alpha value is -2.04. The zero-order chi connectivity index (χ0) is 19.1. The first kappa shape index (κ1) is 20.3. The van der Waals surface area contributed by atoms with Gasteiger partial charge in [0.05, 0.1) is 13.5 Å². The molecule has 1 aliphatic heterocycles. The van der Waals surface area contributed by atoms with Gasteiger partial charge in [-0.25, -0.2) is 0 Å². The minimum Gasteiger partial charge on any atom is -0.496 e. The number of methoxy groups -OCH3 is 1. The third kappa shape index (κ3) is 5.23. The molecule has 1 saturated heterocycles.